The molecule has 2 N–H and O–H groups in total. The summed E-state index contributed by atoms with van der Waals surface area (Å²) in [6, 6.07) is 0. The lowest BCUT2D eigenvalue weighted by Crippen LogP contribution is -2.08. The maximum atomic E-state index is 7.82. The minimum Gasteiger partial charge on any atom is -0.384 e. The van der Waals surface area contributed by atoms with Gasteiger partial charge in [0.2, 0.25) is 5.28 Å². The maximum Gasteiger partial charge on any atom is 0.224 e. The Morgan fingerprint density at radius 1 is 1.40 bits per heavy atom. The van der Waals surface area contributed by atoms with Crippen LogP contribution < -0.4 is 5.32 Å². The van der Waals surface area contributed by atoms with Crippen LogP contribution in [0.4, 0.5) is 5.69 Å². The first-order chi connectivity index (χ1) is 7.10. The van der Waals surface area contributed by atoms with Gasteiger partial charge in [0.25, 0.3) is 0 Å². The lowest BCUT2D eigenvalue weighted by atomic mass is 10.1. The first-order valence-electron chi connectivity index (χ1n) is 4.58. The highest BCUT2D eigenvalue weighted by Gasteiger charge is 2.14. The van der Waals surface area contributed by atoms with Crippen LogP contribution in [0.3, 0.4) is 0 Å². The predicted octanol–water partition coefficient (Wildman–Crippen LogP) is 2.99. The Labute approximate surface area is 98.5 Å². The Bertz CT molecular complexity index is 379. The van der Waals surface area contributed by atoms with Gasteiger partial charge in [-0.3, -0.25) is 0 Å². The van der Waals surface area contributed by atoms with Crippen molar-refractivity contribution in [3.05, 3.63) is 16.1 Å². The van der Waals surface area contributed by atoms with Gasteiger partial charge in [0, 0.05) is 7.05 Å². The molecule has 0 bridgehead atoms. The SMILES string of the molecule is CCCC(=N)c1nc(Cl)nc(Cl)c1NC. The number of nitrogens with one attached hydrogen (secondary N) is 2. The molecule has 0 saturated carbocycles. The fourth-order valence-electron chi connectivity index (χ4n) is 1.22. The summed E-state index contributed by atoms with van der Waals surface area (Å²) in [4.78, 5) is 7.81. The lowest BCUT2D eigenvalue weighted by Gasteiger charge is -2.10. The van der Waals surface area contributed by atoms with Crippen molar-refractivity contribution in [2.45, 2.75) is 19.8 Å². The Kier molecular flexibility index (Phi) is 4.29. The van der Waals surface area contributed by atoms with Crippen molar-refractivity contribution in [3.63, 3.8) is 0 Å². The largest absolute Gasteiger partial charge is 0.384 e. The molecule has 82 valence electrons. The van der Waals surface area contributed by atoms with E-state index in [4.69, 9.17) is 28.6 Å². The van der Waals surface area contributed by atoms with Crippen molar-refractivity contribution in [1.82, 2.24) is 9.97 Å². The molecule has 0 unspecified atom stereocenters. The van der Waals surface area contributed by atoms with E-state index in [0.717, 1.165) is 6.42 Å². The predicted molar refractivity (Wildman–Crippen MR) is 63.3 cm³/mol. The molecule has 0 aliphatic rings. The standard InChI is InChI=1S/C9H12Cl2N4/c1-3-4-5(12)6-7(13-2)8(10)15-9(11)14-6/h12-13H,3-4H2,1-2H3. The van der Waals surface area contributed by atoms with Gasteiger partial charge in [-0.15, -0.1) is 0 Å². The molecule has 1 aromatic rings. The van der Waals surface area contributed by atoms with Gasteiger partial charge in [-0.1, -0.05) is 24.9 Å². The monoisotopic (exact) mass is 246 g/mol. The first kappa shape index (κ1) is 12.2. The zero-order chi connectivity index (χ0) is 11.4. The first-order valence-corrected chi connectivity index (χ1v) is 5.34. The molecule has 0 spiro atoms. The van der Waals surface area contributed by atoms with E-state index < -0.39 is 0 Å². The summed E-state index contributed by atoms with van der Waals surface area (Å²) in [5.74, 6) is 0. The zero-order valence-corrected chi connectivity index (χ0v) is 10.1. The third kappa shape index (κ3) is 2.79. The lowest BCUT2D eigenvalue weighted by molar-refractivity contribution is 0.976. The minimum atomic E-state index is 0.0647. The average molecular weight is 247 g/mol. The van der Waals surface area contributed by atoms with E-state index in [-0.39, 0.29) is 10.4 Å². The molecular weight excluding hydrogens is 235 g/mol. The summed E-state index contributed by atoms with van der Waals surface area (Å²) in [7, 11) is 1.71. The molecule has 0 aliphatic heterocycles. The number of nitrogens with zero attached hydrogens (tertiary/aromatic N) is 2. The number of aromatic nitrogens is 2. The van der Waals surface area contributed by atoms with Gasteiger partial charge in [-0.2, -0.15) is 0 Å². The van der Waals surface area contributed by atoms with Crippen LogP contribution >= 0.6 is 23.2 Å². The highest BCUT2D eigenvalue weighted by molar-refractivity contribution is 6.34. The minimum absolute atomic E-state index is 0.0647. The fraction of sp³-hybridized carbons (Fsp3) is 0.444. The third-order valence-corrected chi connectivity index (χ3v) is 2.32. The number of anilines is 1. The van der Waals surface area contributed by atoms with E-state index in [1.165, 1.54) is 0 Å². The summed E-state index contributed by atoms with van der Waals surface area (Å²) >= 11 is 11.6. The van der Waals surface area contributed by atoms with Crippen LogP contribution in [0.1, 0.15) is 25.5 Å². The van der Waals surface area contributed by atoms with Crippen LogP contribution in [0.2, 0.25) is 10.4 Å². The smallest absolute Gasteiger partial charge is 0.224 e. The molecular formula is C9H12Cl2N4. The Morgan fingerprint density at radius 3 is 2.60 bits per heavy atom. The molecule has 1 rings (SSSR count). The van der Waals surface area contributed by atoms with Crippen molar-refractivity contribution in [3.8, 4) is 0 Å². The zero-order valence-electron chi connectivity index (χ0n) is 8.56. The number of halogens is 2. The molecule has 6 heteroatoms. The molecule has 0 fully saturated rings. The van der Waals surface area contributed by atoms with Crippen LogP contribution in [0.5, 0.6) is 0 Å². The van der Waals surface area contributed by atoms with E-state index in [2.05, 4.69) is 15.3 Å². The van der Waals surface area contributed by atoms with Crippen molar-refractivity contribution in [2.24, 2.45) is 0 Å². The molecule has 0 aliphatic carbocycles. The van der Waals surface area contributed by atoms with Crippen molar-refractivity contribution >= 4 is 34.6 Å². The summed E-state index contributed by atoms with van der Waals surface area (Å²) in [6.45, 7) is 2.00. The van der Waals surface area contributed by atoms with Crippen LogP contribution in [0.25, 0.3) is 0 Å². The second-order valence-corrected chi connectivity index (χ2v) is 3.68. The molecule has 4 nitrogen and oxygen atoms in total. The number of hydrogen-bond acceptors (Lipinski definition) is 4. The molecule has 0 saturated heterocycles. The van der Waals surface area contributed by atoms with Gasteiger partial charge in [0.15, 0.2) is 5.15 Å². The summed E-state index contributed by atoms with van der Waals surface area (Å²) < 4.78 is 0. The van der Waals surface area contributed by atoms with Gasteiger partial charge < -0.3 is 10.7 Å². The molecule has 0 radical (unpaired) electrons. The van der Waals surface area contributed by atoms with Crippen molar-refractivity contribution in [1.29, 1.82) is 5.41 Å². The van der Waals surface area contributed by atoms with Gasteiger partial charge in [0.05, 0.1) is 11.4 Å². The highest BCUT2D eigenvalue weighted by Crippen LogP contribution is 2.25. The van der Waals surface area contributed by atoms with Gasteiger partial charge in [-0.25, -0.2) is 9.97 Å². The normalized spacial score (nSPS) is 10.1. The van der Waals surface area contributed by atoms with E-state index in [9.17, 15) is 0 Å². The second kappa shape index (κ2) is 5.28. The summed E-state index contributed by atoms with van der Waals surface area (Å²) in [5, 5.41) is 11.0. The van der Waals surface area contributed by atoms with Crippen LogP contribution in [0, 0.1) is 5.41 Å². The second-order valence-electron chi connectivity index (χ2n) is 2.99. The van der Waals surface area contributed by atoms with E-state index >= 15 is 0 Å². The van der Waals surface area contributed by atoms with E-state index in [0.29, 0.717) is 23.5 Å². The Morgan fingerprint density at radius 2 is 2.07 bits per heavy atom. The van der Waals surface area contributed by atoms with Gasteiger partial charge in [0.1, 0.15) is 5.69 Å². The van der Waals surface area contributed by atoms with Gasteiger partial charge >= 0.3 is 0 Å². The Balaban J connectivity index is 3.20. The van der Waals surface area contributed by atoms with Gasteiger partial charge in [-0.05, 0) is 18.0 Å². The molecule has 0 aromatic carbocycles. The topological polar surface area (TPSA) is 61.7 Å². The van der Waals surface area contributed by atoms with E-state index in [1.54, 1.807) is 7.05 Å². The average Bonchev–Trinajstić information content (AvgIpc) is 2.17. The maximum absolute atomic E-state index is 7.82. The van der Waals surface area contributed by atoms with Crippen molar-refractivity contribution in [2.75, 3.05) is 12.4 Å². The van der Waals surface area contributed by atoms with Crippen LogP contribution in [-0.2, 0) is 0 Å². The molecule has 1 heterocycles. The summed E-state index contributed by atoms with van der Waals surface area (Å²) in [6.07, 6.45) is 1.51. The quantitative estimate of drug-likeness (QED) is 0.488. The van der Waals surface area contributed by atoms with E-state index in [1.807, 2.05) is 6.92 Å². The number of rotatable bonds is 4. The van der Waals surface area contributed by atoms with Crippen LogP contribution in [0.15, 0.2) is 0 Å². The fourth-order valence-corrected chi connectivity index (χ4v) is 1.69. The number of hydrogen-bond donors (Lipinski definition) is 2. The molecule has 15 heavy (non-hydrogen) atoms. The molecule has 0 atom stereocenters. The molecule has 1 aromatic heterocycles. The highest BCUT2D eigenvalue weighted by atomic mass is 35.5. The summed E-state index contributed by atoms with van der Waals surface area (Å²) in [5.41, 5.74) is 1.44. The third-order valence-electron chi connectivity index (χ3n) is 1.87. The molecule has 0 amide bonds. The van der Waals surface area contributed by atoms with Crippen LogP contribution in [-0.4, -0.2) is 22.7 Å². The Hall–Kier alpha value is -0.870. The van der Waals surface area contributed by atoms with Crippen molar-refractivity contribution < 1.29 is 0 Å².